The summed E-state index contributed by atoms with van der Waals surface area (Å²) >= 11 is 0. The number of carbonyl (C=O) groups is 1. The predicted molar refractivity (Wildman–Crippen MR) is 67.1 cm³/mol. The fraction of sp³-hybridized carbons (Fsp3) is 0.833. The third-order valence-corrected chi connectivity index (χ3v) is 1.97. The monoisotopic (exact) mass is 228 g/mol. The van der Waals surface area contributed by atoms with Crippen LogP contribution in [0.5, 0.6) is 0 Å². The lowest BCUT2D eigenvalue weighted by atomic mass is 9.98. The van der Waals surface area contributed by atoms with Gasteiger partial charge in [0.2, 0.25) is 0 Å². The average molecular weight is 228 g/mol. The summed E-state index contributed by atoms with van der Waals surface area (Å²) in [7, 11) is 1.70. The fourth-order valence-electron chi connectivity index (χ4n) is 1.50. The van der Waals surface area contributed by atoms with E-state index in [2.05, 4.69) is 17.2 Å². The summed E-state index contributed by atoms with van der Waals surface area (Å²) in [5, 5.41) is 2.84. The van der Waals surface area contributed by atoms with Gasteiger partial charge in [0.1, 0.15) is 5.60 Å². The molecule has 94 valence electrons. The molecule has 0 aromatic heterocycles. The van der Waals surface area contributed by atoms with Crippen molar-refractivity contribution in [3.63, 3.8) is 0 Å². The minimum absolute atomic E-state index is 0.400. The molecule has 0 aliphatic rings. The van der Waals surface area contributed by atoms with Crippen molar-refractivity contribution >= 4 is 12.3 Å². The minimum Gasteiger partial charge on any atom is -0.444 e. The Bertz CT molecular complexity index is 256. The van der Waals surface area contributed by atoms with E-state index in [1.807, 2.05) is 27.7 Å². The first-order valence-corrected chi connectivity index (χ1v) is 5.67. The Balaban J connectivity index is 4.46. The van der Waals surface area contributed by atoms with Crippen molar-refractivity contribution in [1.82, 2.24) is 5.32 Å². The third kappa shape index (κ3) is 6.43. The number of amides is 1. The molecule has 0 radical (unpaired) electrons. The van der Waals surface area contributed by atoms with Gasteiger partial charge in [-0.3, -0.25) is 4.99 Å². The van der Waals surface area contributed by atoms with E-state index < -0.39 is 17.2 Å². The van der Waals surface area contributed by atoms with Crippen LogP contribution in [0.4, 0.5) is 4.79 Å². The summed E-state index contributed by atoms with van der Waals surface area (Å²) in [5.41, 5.74) is -0.896. The lowest BCUT2D eigenvalue weighted by Crippen LogP contribution is -2.49. The van der Waals surface area contributed by atoms with E-state index in [0.717, 1.165) is 12.8 Å². The second kappa shape index (κ2) is 5.87. The smallest absolute Gasteiger partial charge is 0.408 e. The maximum atomic E-state index is 11.6. The third-order valence-electron chi connectivity index (χ3n) is 1.97. The Morgan fingerprint density at radius 3 is 2.31 bits per heavy atom. The largest absolute Gasteiger partial charge is 0.444 e. The van der Waals surface area contributed by atoms with Crippen LogP contribution in [0.3, 0.4) is 0 Å². The van der Waals surface area contributed by atoms with Crippen LogP contribution in [-0.2, 0) is 4.74 Å². The first-order chi connectivity index (χ1) is 7.22. The van der Waals surface area contributed by atoms with Gasteiger partial charge in [-0.15, -0.1) is 0 Å². The maximum absolute atomic E-state index is 11.6. The highest BCUT2D eigenvalue weighted by Gasteiger charge is 2.26. The number of carbonyl (C=O) groups excluding carboxylic acids is 1. The molecule has 0 saturated carbocycles. The van der Waals surface area contributed by atoms with E-state index >= 15 is 0 Å². The quantitative estimate of drug-likeness (QED) is 0.752. The molecule has 0 aliphatic heterocycles. The summed E-state index contributed by atoms with van der Waals surface area (Å²) in [5.74, 6) is 0. The summed E-state index contributed by atoms with van der Waals surface area (Å²) in [6.45, 7) is 9.54. The van der Waals surface area contributed by atoms with Crippen molar-refractivity contribution in [2.45, 2.75) is 58.6 Å². The number of rotatable bonds is 4. The fourth-order valence-corrected chi connectivity index (χ4v) is 1.50. The van der Waals surface area contributed by atoms with Gasteiger partial charge in [-0.1, -0.05) is 13.3 Å². The summed E-state index contributed by atoms with van der Waals surface area (Å²) in [4.78, 5) is 15.6. The van der Waals surface area contributed by atoms with Crippen LogP contribution >= 0.6 is 0 Å². The number of alkyl carbamates (subject to hydrolysis) is 1. The molecular formula is C12H24N2O2. The molecule has 0 fully saturated rings. The highest BCUT2D eigenvalue weighted by atomic mass is 16.6. The molecule has 0 rings (SSSR count). The molecule has 0 heterocycles. The van der Waals surface area contributed by atoms with Crippen molar-refractivity contribution < 1.29 is 9.53 Å². The Morgan fingerprint density at radius 1 is 1.38 bits per heavy atom. The SMILES string of the molecule is CCCC(C)(/C=N/C)NC(=O)OC(C)(C)C. The molecule has 0 bridgehead atoms. The lowest BCUT2D eigenvalue weighted by molar-refractivity contribution is 0.0490. The second-order valence-corrected chi connectivity index (χ2v) is 5.18. The first kappa shape index (κ1) is 14.9. The molecule has 1 amide bonds. The average Bonchev–Trinajstić information content (AvgIpc) is 1.99. The van der Waals surface area contributed by atoms with Crippen LogP contribution in [0.2, 0.25) is 0 Å². The maximum Gasteiger partial charge on any atom is 0.408 e. The molecule has 0 aromatic rings. The molecule has 0 spiro atoms. The van der Waals surface area contributed by atoms with Crippen LogP contribution < -0.4 is 5.32 Å². The molecule has 1 N–H and O–H groups in total. The normalized spacial score (nSPS) is 15.9. The summed E-state index contributed by atoms with van der Waals surface area (Å²) in [6, 6.07) is 0. The van der Waals surface area contributed by atoms with Gasteiger partial charge in [-0.05, 0) is 34.1 Å². The van der Waals surface area contributed by atoms with E-state index in [0.29, 0.717) is 0 Å². The number of ether oxygens (including phenoxy) is 1. The molecule has 0 aliphatic carbocycles. The van der Waals surface area contributed by atoms with Gasteiger partial charge in [0.25, 0.3) is 0 Å². The van der Waals surface area contributed by atoms with Gasteiger partial charge in [-0.2, -0.15) is 0 Å². The molecule has 16 heavy (non-hydrogen) atoms. The second-order valence-electron chi connectivity index (χ2n) is 5.18. The Kier molecular flexibility index (Phi) is 5.48. The Hall–Kier alpha value is -1.06. The van der Waals surface area contributed by atoms with Gasteiger partial charge in [0.15, 0.2) is 0 Å². The highest BCUT2D eigenvalue weighted by Crippen LogP contribution is 2.12. The highest BCUT2D eigenvalue weighted by molar-refractivity contribution is 5.78. The number of hydrogen-bond acceptors (Lipinski definition) is 3. The van der Waals surface area contributed by atoms with Crippen LogP contribution in [0.1, 0.15) is 47.5 Å². The number of hydrogen-bond donors (Lipinski definition) is 1. The van der Waals surface area contributed by atoms with Crippen LogP contribution in [-0.4, -0.2) is 30.5 Å². The van der Waals surface area contributed by atoms with Gasteiger partial charge in [-0.25, -0.2) is 4.79 Å². The molecule has 4 heteroatoms. The zero-order valence-corrected chi connectivity index (χ0v) is 11.3. The molecule has 4 nitrogen and oxygen atoms in total. The zero-order chi connectivity index (χ0) is 12.8. The van der Waals surface area contributed by atoms with Gasteiger partial charge in [0, 0.05) is 13.3 Å². The van der Waals surface area contributed by atoms with E-state index in [-0.39, 0.29) is 0 Å². The molecule has 0 saturated heterocycles. The van der Waals surface area contributed by atoms with Gasteiger partial charge in [0.05, 0.1) is 5.54 Å². The van der Waals surface area contributed by atoms with Crippen LogP contribution in [0.25, 0.3) is 0 Å². The number of nitrogens with one attached hydrogen (secondary N) is 1. The minimum atomic E-state index is -0.472. The van der Waals surface area contributed by atoms with E-state index in [9.17, 15) is 4.79 Å². The van der Waals surface area contributed by atoms with Crippen molar-refractivity contribution in [2.24, 2.45) is 4.99 Å². The van der Waals surface area contributed by atoms with Crippen LogP contribution in [0, 0.1) is 0 Å². The van der Waals surface area contributed by atoms with E-state index in [1.54, 1.807) is 13.3 Å². The molecular weight excluding hydrogens is 204 g/mol. The van der Waals surface area contributed by atoms with Crippen molar-refractivity contribution in [1.29, 1.82) is 0 Å². The topological polar surface area (TPSA) is 50.7 Å². The Morgan fingerprint density at radius 2 is 1.94 bits per heavy atom. The molecule has 0 aromatic carbocycles. The van der Waals surface area contributed by atoms with Crippen molar-refractivity contribution in [2.75, 3.05) is 7.05 Å². The first-order valence-electron chi connectivity index (χ1n) is 5.67. The molecule has 1 unspecified atom stereocenters. The van der Waals surface area contributed by atoms with Crippen LogP contribution in [0.15, 0.2) is 4.99 Å². The lowest BCUT2D eigenvalue weighted by Gasteiger charge is -2.28. The number of aliphatic imine (C=N–C) groups is 1. The predicted octanol–water partition coefficient (Wildman–Crippen LogP) is 2.77. The Labute approximate surface area is 98.5 Å². The van der Waals surface area contributed by atoms with Crippen molar-refractivity contribution in [3.8, 4) is 0 Å². The van der Waals surface area contributed by atoms with Gasteiger partial charge < -0.3 is 10.1 Å². The van der Waals surface area contributed by atoms with E-state index in [4.69, 9.17) is 4.74 Å². The molecule has 1 atom stereocenters. The summed E-state index contributed by atoms with van der Waals surface area (Å²) in [6.07, 6.45) is 3.16. The van der Waals surface area contributed by atoms with E-state index in [1.165, 1.54) is 0 Å². The zero-order valence-electron chi connectivity index (χ0n) is 11.3. The van der Waals surface area contributed by atoms with Crippen molar-refractivity contribution in [3.05, 3.63) is 0 Å². The summed E-state index contributed by atoms with van der Waals surface area (Å²) < 4.78 is 5.21. The van der Waals surface area contributed by atoms with Gasteiger partial charge >= 0.3 is 6.09 Å². The number of nitrogens with zero attached hydrogens (tertiary/aromatic N) is 1. The standard InChI is InChI=1S/C12H24N2O2/c1-7-8-12(5,9-13-6)14-10(15)16-11(2,3)4/h9H,7-8H2,1-6H3,(H,14,15)/b13-9+.